The molecule has 0 spiro atoms. The van der Waals surface area contributed by atoms with Crippen molar-refractivity contribution in [3.8, 4) is 23.0 Å². The lowest BCUT2D eigenvalue weighted by Gasteiger charge is -2.39. The number of rotatable bonds is 2. The molecule has 4 nitrogen and oxygen atoms in total. The van der Waals surface area contributed by atoms with E-state index in [4.69, 9.17) is 4.74 Å². The van der Waals surface area contributed by atoms with Crippen molar-refractivity contribution in [3.63, 3.8) is 0 Å². The van der Waals surface area contributed by atoms with Crippen molar-refractivity contribution in [2.45, 2.75) is 25.8 Å². The number of nitrogens with zero attached hydrogens (tertiary/aromatic N) is 1. The third-order valence-electron chi connectivity index (χ3n) is 4.61. The van der Waals surface area contributed by atoms with E-state index in [-0.39, 0.29) is 17.4 Å². The van der Waals surface area contributed by atoms with Gasteiger partial charge >= 0.3 is 0 Å². The predicted molar refractivity (Wildman–Crippen MR) is 83.7 cm³/mol. The van der Waals surface area contributed by atoms with E-state index in [2.05, 4.69) is 17.9 Å². The molecule has 2 N–H and O–H groups in total. The molecule has 2 aromatic rings. The molecular formula is C18H19NO3. The van der Waals surface area contributed by atoms with Crippen molar-refractivity contribution in [2.24, 2.45) is 0 Å². The third kappa shape index (κ3) is 1.87. The van der Waals surface area contributed by atoms with Gasteiger partial charge in [-0.2, -0.15) is 0 Å². The first-order valence-electron chi connectivity index (χ1n) is 7.76. The molecule has 0 saturated carbocycles. The van der Waals surface area contributed by atoms with Crippen LogP contribution in [0.3, 0.4) is 0 Å². The Kier molecular flexibility index (Phi) is 3.01. The van der Waals surface area contributed by atoms with Gasteiger partial charge in [0.2, 0.25) is 5.75 Å². The van der Waals surface area contributed by atoms with Crippen molar-refractivity contribution < 1.29 is 14.9 Å². The van der Waals surface area contributed by atoms with Gasteiger partial charge in [0.15, 0.2) is 11.5 Å². The maximum Gasteiger partial charge on any atom is 0.201 e. The number of benzene rings is 2. The average molecular weight is 297 g/mol. The van der Waals surface area contributed by atoms with Gasteiger partial charge in [-0.3, -0.25) is 4.90 Å². The van der Waals surface area contributed by atoms with Crippen molar-refractivity contribution in [3.05, 3.63) is 47.0 Å². The van der Waals surface area contributed by atoms with Gasteiger partial charge in [0, 0.05) is 30.1 Å². The second kappa shape index (κ2) is 4.92. The molecule has 0 saturated heterocycles. The lowest BCUT2D eigenvalue weighted by atomic mass is 9.81. The number of fused-ring (bicyclic) bond motifs is 2. The van der Waals surface area contributed by atoms with Crippen LogP contribution in [-0.2, 0) is 6.54 Å². The van der Waals surface area contributed by atoms with Crippen LogP contribution in [0.5, 0.6) is 23.0 Å². The quantitative estimate of drug-likeness (QED) is 0.832. The van der Waals surface area contributed by atoms with E-state index in [9.17, 15) is 10.2 Å². The van der Waals surface area contributed by atoms with E-state index >= 15 is 0 Å². The van der Waals surface area contributed by atoms with Crippen LogP contribution >= 0.6 is 0 Å². The maximum absolute atomic E-state index is 10.2. The first-order chi connectivity index (χ1) is 10.7. The van der Waals surface area contributed by atoms with E-state index in [1.54, 1.807) is 6.07 Å². The summed E-state index contributed by atoms with van der Waals surface area (Å²) in [6, 6.07) is 9.50. The summed E-state index contributed by atoms with van der Waals surface area (Å²) >= 11 is 0. The van der Waals surface area contributed by atoms with Crippen LogP contribution in [0.15, 0.2) is 30.3 Å². The summed E-state index contributed by atoms with van der Waals surface area (Å²) < 4.78 is 5.90. The Morgan fingerprint density at radius 2 is 2.09 bits per heavy atom. The van der Waals surface area contributed by atoms with Crippen LogP contribution < -0.4 is 4.74 Å². The van der Waals surface area contributed by atoms with Crippen molar-refractivity contribution in [1.82, 2.24) is 4.90 Å². The minimum Gasteiger partial charge on any atom is -0.504 e. The van der Waals surface area contributed by atoms with E-state index in [0.717, 1.165) is 37.4 Å². The molecule has 0 bridgehead atoms. The number of phenolic OH excluding ortho intramolecular Hbond substituents is 2. The summed E-state index contributed by atoms with van der Waals surface area (Å²) in [5.41, 5.74) is 3.48. The highest BCUT2D eigenvalue weighted by atomic mass is 16.5. The van der Waals surface area contributed by atoms with Crippen LogP contribution in [0, 0.1) is 0 Å². The smallest absolute Gasteiger partial charge is 0.201 e. The zero-order valence-electron chi connectivity index (χ0n) is 12.5. The summed E-state index contributed by atoms with van der Waals surface area (Å²) in [6.07, 6.45) is 1.12. The number of ether oxygens (including phenoxy) is 1. The molecule has 0 aromatic heterocycles. The zero-order chi connectivity index (χ0) is 15.3. The molecule has 2 aliphatic rings. The normalized spacial score (nSPS) is 19.2. The van der Waals surface area contributed by atoms with Crippen molar-refractivity contribution in [1.29, 1.82) is 0 Å². The predicted octanol–water partition coefficient (Wildman–Crippen LogP) is 3.56. The summed E-state index contributed by atoms with van der Waals surface area (Å²) in [6.45, 7) is 5.10. The summed E-state index contributed by atoms with van der Waals surface area (Å²) in [5, 5.41) is 19.9. The summed E-state index contributed by atoms with van der Waals surface area (Å²) in [4.78, 5) is 2.44. The standard InChI is InChI=1S/C18H19NO3/c1-2-8-19-9-11-4-3-5-15-16(11)13(10-19)12-6-7-14(20)17(21)18(12)22-15/h3-7,13,20-21H,2,8-10H2,1H3. The molecule has 0 radical (unpaired) electrons. The molecule has 0 fully saturated rings. The van der Waals surface area contributed by atoms with Gasteiger partial charge < -0.3 is 14.9 Å². The number of aromatic hydroxyl groups is 2. The average Bonchev–Trinajstić information content (AvgIpc) is 2.52. The Morgan fingerprint density at radius 1 is 1.23 bits per heavy atom. The number of hydrogen-bond donors (Lipinski definition) is 2. The van der Waals surface area contributed by atoms with Gasteiger partial charge in [-0.1, -0.05) is 25.1 Å². The van der Waals surface area contributed by atoms with E-state index in [1.165, 1.54) is 11.1 Å². The molecule has 1 unspecified atom stereocenters. The molecule has 0 amide bonds. The monoisotopic (exact) mass is 297 g/mol. The summed E-state index contributed by atoms with van der Waals surface area (Å²) in [7, 11) is 0. The number of hydrogen-bond acceptors (Lipinski definition) is 4. The van der Waals surface area contributed by atoms with E-state index in [1.807, 2.05) is 18.2 Å². The summed E-state index contributed by atoms with van der Waals surface area (Å²) in [5.74, 6) is 1.07. The molecule has 22 heavy (non-hydrogen) atoms. The van der Waals surface area contributed by atoms with E-state index in [0.29, 0.717) is 5.75 Å². The first-order valence-corrected chi connectivity index (χ1v) is 7.76. The number of phenols is 2. The Labute approximate surface area is 129 Å². The minimum atomic E-state index is -0.166. The van der Waals surface area contributed by atoms with Crippen LogP contribution in [0.1, 0.15) is 36.0 Å². The lowest BCUT2D eigenvalue weighted by molar-refractivity contribution is 0.232. The Morgan fingerprint density at radius 3 is 2.91 bits per heavy atom. The lowest BCUT2D eigenvalue weighted by Crippen LogP contribution is -2.35. The third-order valence-corrected chi connectivity index (χ3v) is 4.61. The SMILES string of the molecule is CCCN1Cc2cccc3c2C(C1)c1ccc(O)c(O)c1O3. The van der Waals surface area contributed by atoms with Crippen LogP contribution in [0.4, 0.5) is 0 Å². The van der Waals surface area contributed by atoms with Gasteiger partial charge in [-0.25, -0.2) is 0 Å². The minimum absolute atomic E-state index is 0.139. The van der Waals surface area contributed by atoms with Gasteiger partial charge in [0.05, 0.1) is 0 Å². The Bertz CT molecular complexity index is 741. The van der Waals surface area contributed by atoms with Crippen LogP contribution in [0.25, 0.3) is 0 Å². The molecule has 114 valence electrons. The fourth-order valence-electron chi connectivity index (χ4n) is 3.68. The van der Waals surface area contributed by atoms with Gasteiger partial charge in [0.1, 0.15) is 5.75 Å². The molecular weight excluding hydrogens is 278 g/mol. The van der Waals surface area contributed by atoms with Gasteiger partial charge in [-0.15, -0.1) is 0 Å². The fourth-order valence-corrected chi connectivity index (χ4v) is 3.68. The second-order valence-corrected chi connectivity index (χ2v) is 6.07. The molecule has 0 aliphatic carbocycles. The highest BCUT2D eigenvalue weighted by Gasteiger charge is 2.36. The molecule has 1 atom stereocenters. The van der Waals surface area contributed by atoms with Crippen LogP contribution in [-0.4, -0.2) is 28.2 Å². The highest BCUT2D eigenvalue weighted by Crippen LogP contribution is 2.53. The van der Waals surface area contributed by atoms with Gasteiger partial charge in [-0.05, 0) is 30.7 Å². The van der Waals surface area contributed by atoms with Crippen molar-refractivity contribution >= 4 is 0 Å². The Hall–Kier alpha value is -2.20. The molecule has 2 aliphatic heterocycles. The zero-order valence-corrected chi connectivity index (χ0v) is 12.5. The fraction of sp³-hybridized carbons (Fsp3) is 0.333. The maximum atomic E-state index is 10.2. The molecule has 2 heterocycles. The van der Waals surface area contributed by atoms with Gasteiger partial charge in [0.25, 0.3) is 0 Å². The van der Waals surface area contributed by atoms with Crippen molar-refractivity contribution in [2.75, 3.05) is 13.1 Å². The topological polar surface area (TPSA) is 52.9 Å². The highest BCUT2D eigenvalue weighted by molar-refractivity contribution is 5.64. The first kappa shape index (κ1) is 13.5. The molecule has 4 heteroatoms. The van der Waals surface area contributed by atoms with E-state index < -0.39 is 0 Å². The van der Waals surface area contributed by atoms with Crippen LogP contribution in [0.2, 0.25) is 0 Å². The second-order valence-electron chi connectivity index (χ2n) is 6.07. The molecule has 4 rings (SSSR count). The largest absolute Gasteiger partial charge is 0.504 e. The Balaban J connectivity index is 1.88. The molecule has 2 aromatic carbocycles.